The zero-order valence-corrected chi connectivity index (χ0v) is 20.2. The molecule has 2 amide bonds. The molecule has 34 heavy (non-hydrogen) atoms. The van der Waals surface area contributed by atoms with Gasteiger partial charge >= 0.3 is 0 Å². The van der Waals surface area contributed by atoms with Gasteiger partial charge in [-0.3, -0.25) is 19.7 Å². The van der Waals surface area contributed by atoms with Crippen molar-refractivity contribution in [3.8, 4) is 0 Å². The third-order valence-electron chi connectivity index (χ3n) is 5.22. The van der Waals surface area contributed by atoms with Crippen LogP contribution in [0.25, 0.3) is 0 Å². The molecule has 0 aliphatic rings. The van der Waals surface area contributed by atoms with Crippen molar-refractivity contribution < 1.29 is 14.5 Å². The minimum atomic E-state index is -0.506. The van der Waals surface area contributed by atoms with E-state index in [9.17, 15) is 19.7 Å². The smallest absolute Gasteiger partial charge is 0.271 e. The molecule has 2 aromatic carbocycles. The molecule has 3 rings (SSSR count). The van der Waals surface area contributed by atoms with Crippen molar-refractivity contribution in [2.24, 2.45) is 0 Å². The van der Waals surface area contributed by atoms with Crippen LogP contribution in [0.5, 0.6) is 0 Å². The lowest BCUT2D eigenvalue weighted by Crippen LogP contribution is -2.29. The second-order valence-electron chi connectivity index (χ2n) is 7.69. The van der Waals surface area contributed by atoms with Crippen LogP contribution in [0, 0.1) is 24.0 Å². The zero-order valence-electron chi connectivity index (χ0n) is 19.4. The normalized spacial score (nSPS) is 11.6. The number of hydrogen-bond acceptors (Lipinski definition) is 7. The molecule has 11 heteroatoms. The first kappa shape index (κ1) is 24.9. The molecule has 10 nitrogen and oxygen atoms in total. The number of rotatable bonds is 9. The standard InChI is InChI=1S/C23H26N6O4S/c1-5-28-21(16(4)24-22(31)18-9-7-6-8-14(18)2)26-27-23(28)34-13-20(30)25-19-12-17(29(32)33)11-10-15(19)3/h6-12,16H,5,13H2,1-4H3,(H,24,31)(H,25,30)/t16-/m0/s1. The van der Waals surface area contributed by atoms with Crippen molar-refractivity contribution in [2.75, 3.05) is 11.1 Å². The number of aromatic nitrogens is 3. The number of carbonyl (C=O) groups excluding carboxylic acids is 2. The van der Waals surface area contributed by atoms with Crippen molar-refractivity contribution >= 4 is 35.0 Å². The first-order valence-corrected chi connectivity index (χ1v) is 11.7. The molecule has 0 fully saturated rings. The molecule has 0 saturated heterocycles. The molecule has 0 saturated carbocycles. The van der Waals surface area contributed by atoms with Crippen LogP contribution < -0.4 is 10.6 Å². The Morgan fingerprint density at radius 3 is 2.56 bits per heavy atom. The number of hydrogen-bond donors (Lipinski definition) is 2. The van der Waals surface area contributed by atoms with Crippen molar-refractivity contribution in [3.63, 3.8) is 0 Å². The SMILES string of the molecule is CCn1c(SCC(=O)Nc2cc([N+](=O)[O-])ccc2C)nnc1[C@H](C)NC(=O)c1ccccc1C. The number of nitrogens with zero attached hydrogens (tertiary/aromatic N) is 4. The van der Waals surface area contributed by atoms with Crippen LogP contribution in [0.15, 0.2) is 47.6 Å². The Morgan fingerprint density at radius 1 is 1.15 bits per heavy atom. The molecule has 2 N–H and O–H groups in total. The molecule has 1 aromatic heterocycles. The maximum absolute atomic E-state index is 12.7. The van der Waals surface area contributed by atoms with Gasteiger partial charge in [0.25, 0.3) is 11.6 Å². The predicted molar refractivity (Wildman–Crippen MR) is 130 cm³/mol. The molecule has 0 unspecified atom stereocenters. The number of thioether (sulfide) groups is 1. The molecule has 0 spiro atoms. The predicted octanol–water partition coefficient (Wildman–Crippen LogP) is 4.04. The van der Waals surface area contributed by atoms with Crippen molar-refractivity contribution in [1.29, 1.82) is 0 Å². The topological polar surface area (TPSA) is 132 Å². The molecule has 3 aromatic rings. The van der Waals surface area contributed by atoms with Gasteiger partial charge in [0.05, 0.1) is 22.4 Å². The Balaban J connectivity index is 1.66. The average molecular weight is 483 g/mol. The molecule has 0 radical (unpaired) electrons. The van der Waals surface area contributed by atoms with Crippen molar-refractivity contribution in [1.82, 2.24) is 20.1 Å². The minimum Gasteiger partial charge on any atom is -0.342 e. The van der Waals surface area contributed by atoms with E-state index in [1.54, 1.807) is 19.1 Å². The van der Waals surface area contributed by atoms with Gasteiger partial charge in [0.1, 0.15) is 0 Å². The van der Waals surface area contributed by atoms with Crippen LogP contribution in [0.3, 0.4) is 0 Å². The number of aryl methyl sites for hydroxylation is 2. The number of amides is 2. The summed E-state index contributed by atoms with van der Waals surface area (Å²) in [5.74, 6) is 0.116. The van der Waals surface area contributed by atoms with E-state index in [2.05, 4.69) is 20.8 Å². The number of benzene rings is 2. The van der Waals surface area contributed by atoms with Crippen LogP contribution in [0.1, 0.15) is 47.2 Å². The molecule has 178 valence electrons. The van der Waals surface area contributed by atoms with Gasteiger partial charge in [0.2, 0.25) is 5.91 Å². The summed E-state index contributed by atoms with van der Waals surface area (Å²) in [5.41, 5.74) is 2.50. The fraction of sp³-hybridized carbons (Fsp3) is 0.304. The highest BCUT2D eigenvalue weighted by Gasteiger charge is 2.21. The number of nitro groups is 1. The van der Waals surface area contributed by atoms with Gasteiger partial charge in [-0.1, -0.05) is 36.0 Å². The molecule has 0 aliphatic carbocycles. The number of nitro benzene ring substituents is 1. The lowest BCUT2D eigenvalue weighted by molar-refractivity contribution is -0.384. The summed E-state index contributed by atoms with van der Waals surface area (Å²) >= 11 is 1.20. The molecular weight excluding hydrogens is 456 g/mol. The maximum Gasteiger partial charge on any atom is 0.271 e. The maximum atomic E-state index is 12.7. The van der Waals surface area contributed by atoms with Gasteiger partial charge in [0.15, 0.2) is 11.0 Å². The van der Waals surface area contributed by atoms with E-state index in [0.717, 1.165) is 11.1 Å². The quantitative estimate of drug-likeness (QED) is 0.267. The summed E-state index contributed by atoms with van der Waals surface area (Å²) in [4.78, 5) is 35.6. The Morgan fingerprint density at radius 2 is 1.88 bits per heavy atom. The molecule has 1 atom stereocenters. The van der Waals surface area contributed by atoms with E-state index >= 15 is 0 Å². The second kappa shape index (κ2) is 10.9. The Bertz CT molecular complexity index is 1230. The van der Waals surface area contributed by atoms with E-state index in [4.69, 9.17) is 0 Å². The van der Waals surface area contributed by atoms with Gasteiger partial charge in [-0.25, -0.2) is 0 Å². The Kier molecular flexibility index (Phi) is 8.00. The van der Waals surface area contributed by atoms with Crippen LogP contribution >= 0.6 is 11.8 Å². The van der Waals surface area contributed by atoms with Crippen LogP contribution in [0.2, 0.25) is 0 Å². The fourth-order valence-electron chi connectivity index (χ4n) is 3.37. The van der Waals surface area contributed by atoms with Crippen molar-refractivity contribution in [2.45, 2.75) is 45.4 Å². The summed E-state index contributed by atoms with van der Waals surface area (Å²) < 4.78 is 1.85. The third-order valence-corrected chi connectivity index (χ3v) is 6.19. The van der Waals surface area contributed by atoms with E-state index in [-0.39, 0.29) is 23.3 Å². The number of anilines is 1. The second-order valence-corrected chi connectivity index (χ2v) is 8.63. The van der Waals surface area contributed by atoms with Gasteiger partial charge in [-0.15, -0.1) is 10.2 Å². The highest BCUT2D eigenvalue weighted by molar-refractivity contribution is 7.99. The lowest BCUT2D eigenvalue weighted by atomic mass is 10.1. The van der Waals surface area contributed by atoms with E-state index in [1.165, 1.54) is 23.9 Å². The molecular formula is C23H26N6O4S. The van der Waals surface area contributed by atoms with Gasteiger partial charge in [-0.05, 0) is 44.9 Å². The summed E-state index contributed by atoms with van der Waals surface area (Å²) in [5, 5.41) is 25.6. The van der Waals surface area contributed by atoms with Crippen molar-refractivity contribution in [3.05, 3.63) is 75.1 Å². The molecule has 1 heterocycles. The summed E-state index contributed by atoms with van der Waals surface area (Å²) in [6.45, 7) is 7.96. The van der Waals surface area contributed by atoms with Gasteiger partial charge in [0, 0.05) is 24.2 Å². The minimum absolute atomic E-state index is 0.0458. The van der Waals surface area contributed by atoms with Crippen LogP contribution in [-0.4, -0.2) is 37.3 Å². The largest absolute Gasteiger partial charge is 0.342 e. The summed E-state index contributed by atoms with van der Waals surface area (Å²) in [6, 6.07) is 11.3. The highest BCUT2D eigenvalue weighted by atomic mass is 32.2. The van der Waals surface area contributed by atoms with Gasteiger partial charge < -0.3 is 15.2 Å². The number of non-ortho nitro benzene ring substituents is 1. The fourth-order valence-corrected chi connectivity index (χ4v) is 4.17. The van der Waals surface area contributed by atoms with E-state index in [0.29, 0.717) is 28.8 Å². The average Bonchev–Trinajstić information content (AvgIpc) is 3.22. The molecule has 0 aliphatic heterocycles. The lowest BCUT2D eigenvalue weighted by Gasteiger charge is -2.16. The Hall–Kier alpha value is -3.73. The van der Waals surface area contributed by atoms with Gasteiger partial charge in [-0.2, -0.15) is 0 Å². The monoisotopic (exact) mass is 482 g/mol. The highest BCUT2D eigenvalue weighted by Crippen LogP contribution is 2.24. The zero-order chi connectivity index (χ0) is 24.8. The first-order chi connectivity index (χ1) is 16.2. The van der Waals surface area contributed by atoms with Crippen LogP contribution in [0.4, 0.5) is 11.4 Å². The third kappa shape index (κ3) is 5.79. The van der Waals surface area contributed by atoms with E-state index < -0.39 is 11.0 Å². The van der Waals surface area contributed by atoms with Crippen LogP contribution in [-0.2, 0) is 11.3 Å². The first-order valence-electron chi connectivity index (χ1n) is 10.7. The molecule has 0 bridgehead atoms. The Labute approximate surface area is 201 Å². The number of nitrogens with one attached hydrogen (secondary N) is 2. The van der Waals surface area contributed by atoms with E-state index in [1.807, 2.05) is 43.5 Å². The summed E-state index contributed by atoms with van der Waals surface area (Å²) in [7, 11) is 0. The summed E-state index contributed by atoms with van der Waals surface area (Å²) in [6.07, 6.45) is 0. The number of carbonyl (C=O) groups is 2.